The number of para-hydroxylation sites is 1. The van der Waals surface area contributed by atoms with E-state index in [9.17, 15) is 13.6 Å². The SMILES string of the molecule is CC(CN(Cc1ccccc1)c1c(F)cccc1F)C(=O)O. The largest absolute Gasteiger partial charge is 0.481 e. The van der Waals surface area contributed by atoms with Gasteiger partial charge in [0.15, 0.2) is 0 Å². The van der Waals surface area contributed by atoms with Gasteiger partial charge in [-0.15, -0.1) is 0 Å². The highest BCUT2D eigenvalue weighted by Gasteiger charge is 2.22. The monoisotopic (exact) mass is 305 g/mol. The molecule has 5 heteroatoms. The number of halogens is 2. The molecule has 0 spiro atoms. The van der Waals surface area contributed by atoms with E-state index in [-0.39, 0.29) is 18.8 Å². The number of nitrogens with zero attached hydrogens (tertiary/aromatic N) is 1. The minimum atomic E-state index is -1.00. The van der Waals surface area contributed by atoms with Gasteiger partial charge in [0.05, 0.1) is 5.92 Å². The minimum Gasteiger partial charge on any atom is -0.481 e. The summed E-state index contributed by atoms with van der Waals surface area (Å²) in [6.07, 6.45) is 0. The Bertz CT molecular complexity index is 626. The van der Waals surface area contributed by atoms with Gasteiger partial charge in [-0.25, -0.2) is 8.78 Å². The lowest BCUT2D eigenvalue weighted by Gasteiger charge is -2.27. The Hall–Kier alpha value is -2.43. The zero-order valence-corrected chi connectivity index (χ0v) is 12.2. The van der Waals surface area contributed by atoms with E-state index in [0.29, 0.717) is 0 Å². The molecule has 116 valence electrons. The van der Waals surface area contributed by atoms with E-state index in [2.05, 4.69) is 0 Å². The van der Waals surface area contributed by atoms with Crippen LogP contribution in [0.1, 0.15) is 12.5 Å². The normalized spacial score (nSPS) is 12.0. The number of carboxylic acids is 1. The zero-order valence-electron chi connectivity index (χ0n) is 12.2. The lowest BCUT2D eigenvalue weighted by Crippen LogP contribution is -2.32. The van der Waals surface area contributed by atoms with Gasteiger partial charge in [0.1, 0.15) is 17.3 Å². The van der Waals surface area contributed by atoms with Crippen LogP contribution in [-0.2, 0) is 11.3 Å². The fourth-order valence-electron chi connectivity index (χ4n) is 2.24. The number of aliphatic carboxylic acids is 1. The van der Waals surface area contributed by atoms with Crippen LogP contribution in [0, 0.1) is 17.6 Å². The number of carbonyl (C=O) groups is 1. The molecule has 0 aliphatic carbocycles. The second-order valence-electron chi connectivity index (χ2n) is 5.18. The number of hydrogen-bond donors (Lipinski definition) is 1. The first-order valence-corrected chi connectivity index (χ1v) is 6.94. The maximum absolute atomic E-state index is 14.0. The maximum atomic E-state index is 14.0. The summed E-state index contributed by atoms with van der Waals surface area (Å²) >= 11 is 0. The minimum absolute atomic E-state index is 0.0160. The highest BCUT2D eigenvalue weighted by Crippen LogP contribution is 2.26. The average molecular weight is 305 g/mol. The summed E-state index contributed by atoms with van der Waals surface area (Å²) in [4.78, 5) is 12.5. The topological polar surface area (TPSA) is 40.5 Å². The van der Waals surface area contributed by atoms with Crippen molar-refractivity contribution in [3.8, 4) is 0 Å². The van der Waals surface area contributed by atoms with Crippen LogP contribution in [0.4, 0.5) is 14.5 Å². The molecule has 3 nitrogen and oxygen atoms in total. The third-order valence-corrected chi connectivity index (χ3v) is 3.39. The molecule has 0 radical (unpaired) electrons. The number of anilines is 1. The highest BCUT2D eigenvalue weighted by atomic mass is 19.1. The van der Waals surface area contributed by atoms with Gasteiger partial charge in [-0.1, -0.05) is 43.3 Å². The van der Waals surface area contributed by atoms with Crippen LogP contribution in [0.5, 0.6) is 0 Å². The van der Waals surface area contributed by atoms with Gasteiger partial charge in [-0.3, -0.25) is 4.79 Å². The molecule has 0 heterocycles. The second kappa shape index (κ2) is 7.02. The Balaban J connectivity index is 2.34. The van der Waals surface area contributed by atoms with E-state index in [0.717, 1.165) is 5.56 Å². The van der Waals surface area contributed by atoms with Crippen molar-refractivity contribution < 1.29 is 18.7 Å². The van der Waals surface area contributed by atoms with Gasteiger partial charge in [0.25, 0.3) is 0 Å². The molecular weight excluding hydrogens is 288 g/mol. The smallest absolute Gasteiger partial charge is 0.308 e. The molecule has 2 aromatic carbocycles. The zero-order chi connectivity index (χ0) is 16.1. The Labute approximate surface area is 127 Å². The molecule has 2 rings (SSSR count). The third-order valence-electron chi connectivity index (χ3n) is 3.39. The first-order chi connectivity index (χ1) is 10.5. The van der Waals surface area contributed by atoms with Crippen LogP contribution in [0.25, 0.3) is 0 Å². The van der Waals surface area contributed by atoms with E-state index in [1.165, 1.54) is 30.0 Å². The van der Waals surface area contributed by atoms with Crippen LogP contribution in [0.15, 0.2) is 48.5 Å². The summed E-state index contributed by atoms with van der Waals surface area (Å²) in [6.45, 7) is 1.76. The second-order valence-corrected chi connectivity index (χ2v) is 5.18. The molecule has 0 bridgehead atoms. The average Bonchev–Trinajstić information content (AvgIpc) is 2.47. The lowest BCUT2D eigenvalue weighted by atomic mass is 10.1. The fraction of sp³-hybridized carbons (Fsp3) is 0.235. The summed E-state index contributed by atoms with van der Waals surface area (Å²) in [7, 11) is 0. The quantitative estimate of drug-likeness (QED) is 0.885. The van der Waals surface area contributed by atoms with Crippen molar-refractivity contribution in [2.24, 2.45) is 5.92 Å². The van der Waals surface area contributed by atoms with Crippen molar-refractivity contribution in [1.29, 1.82) is 0 Å². The molecule has 0 aromatic heterocycles. The molecule has 0 fully saturated rings. The predicted octanol–water partition coefficient (Wildman–Crippen LogP) is 3.69. The Morgan fingerprint density at radius 3 is 2.23 bits per heavy atom. The molecule has 1 atom stereocenters. The van der Waals surface area contributed by atoms with Crippen LogP contribution in [-0.4, -0.2) is 17.6 Å². The molecule has 1 N–H and O–H groups in total. The molecule has 0 aliphatic rings. The molecule has 1 unspecified atom stereocenters. The lowest BCUT2D eigenvalue weighted by molar-refractivity contribution is -0.140. The fourth-order valence-corrected chi connectivity index (χ4v) is 2.24. The molecule has 0 amide bonds. The number of benzene rings is 2. The predicted molar refractivity (Wildman–Crippen MR) is 80.6 cm³/mol. The highest BCUT2D eigenvalue weighted by molar-refractivity contribution is 5.70. The molecule has 0 saturated heterocycles. The van der Waals surface area contributed by atoms with Gasteiger partial charge in [0, 0.05) is 13.1 Å². The van der Waals surface area contributed by atoms with Crippen molar-refractivity contribution in [2.45, 2.75) is 13.5 Å². The van der Waals surface area contributed by atoms with Crippen LogP contribution >= 0.6 is 0 Å². The van der Waals surface area contributed by atoms with E-state index < -0.39 is 23.5 Å². The first-order valence-electron chi connectivity index (χ1n) is 6.94. The van der Waals surface area contributed by atoms with Crippen molar-refractivity contribution in [3.63, 3.8) is 0 Å². The summed E-state index contributed by atoms with van der Waals surface area (Å²) in [6, 6.07) is 12.8. The van der Waals surface area contributed by atoms with Gasteiger partial charge in [-0.2, -0.15) is 0 Å². The number of rotatable bonds is 6. The molecule has 2 aromatic rings. The molecule has 0 saturated carbocycles. The number of carboxylic acid groups (broad SMARTS) is 1. The van der Waals surface area contributed by atoms with Crippen molar-refractivity contribution in [1.82, 2.24) is 0 Å². The van der Waals surface area contributed by atoms with E-state index in [4.69, 9.17) is 5.11 Å². The van der Waals surface area contributed by atoms with Gasteiger partial charge < -0.3 is 10.0 Å². The van der Waals surface area contributed by atoms with Gasteiger partial charge in [0.2, 0.25) is 0 Å². The first kappa shape index (κ1) is 15.9. The van der Waals surface area contributed by atoms with Crippen LogP contribution < -0.4 is 4.90 Å². The third kappa shape index (κ3) is 3.81. The Morgan fingerprint density at radius 2 is 1.68 bits per heavy atom. The number of hydrogen-bond acceptors (Lipinski definition) is 2. The van der Waals surface area contributed by atoms with E-state index in [1.54, 1.807) is 0 Å². The summed E-state index contributed by atoms with van der Waals surface area (Å²) in [5.41, 5.74) is 0.655. The van der Waals surface area contributed by atoms with Crippen LogP contribution in [0.3, 0.4) is 0 Å². The van der Waals surface area contributed by atoms with E-state index in [1.807, 2.05) is 30.3 Å². The van der Waals surface area contributed by atoms with E-state index >= 15 is 0 Å². The molecule has 0 aliphatic heterocycles. The summed E-state index contributed by atoms with van der Waals surface area (Å²) in [5.74, 6) is -3.15. The summed E-state index contributed by atoms with van der Waals surface area (Å²) in [5, 5.41) is 9.07. The summed E-state index contributed by atoms with van der Waals surface area (Å²) < 4.78 is 28.1. The van der Waals surface area contributed by atoms with Gasteiger partial charge in [-0.05, 0) is 17.7 Å². The van der Waals surface area contributed by atoms with Gasteiger partial charge >= 0.3 is 5.97 Å². The van der Waals surface area contributed by atoms with Crippen molar-refractivity contribution in [3.05, 3.63) is 65.7 Å². The standard InChI is InChI=1S/C17H17F2NO2/c1-12(17(21)22)10-20(11-13-6-3-2-4-7-13)16-14(18)8-5-9-15(16)19/h2-9,12H,10-11H2,1H3,(H,21,22). The van der Waals surface area contributed by atoms with Crippen LogP contribution in [0.2, 0.25) is 0 Å². The maximum Gasteiger partial charge on any atom is 0.308 e. The Morgan fingerprint density at radius 1 is 1.09 bits per heavy atom. The molecule has 22 heavy (non-hydrogen) atoms. The Kier molecular flexibility index (Phi) is 5.09. The molecular formula is C17H17F2NO2. The van der Waals surface area contributed by atoms with Crippen molar-refractivity contribution in [2.75, 3.05) is 11.4 Å². The van der Waals surface area contributed by atoms with Crippen molar-refractivity contribution >= 4 is 11.7 Å².